The quantitative estimate of drug-likeness (QED) is 0.782. The summed E-state index contributed by atoms with van der Waals surface area (Å²) >= 11 is 6.08. The smallest absolute Gasteiger partial charge is 0.224 e. The number of aryl methyl sites for hydroxylation is 1. The van der Waals surface area contributed by atoms with Gasteiger partial charge in [0, 0.05) is 22.5 Å². The van der Waals surface area contributed by atoms with Gasteiger partial charge in [-0.1, -0.05) is 41.9 Å². The highest BCUT2D eigenvalue weighted by Gasteiger charge is 2.10. The lowest BCUT2D eigenvalue weighted by atomic mass is 10.1. The second kappa shape index (κ2) is 6.24. The number of hydrogen-bond donors (Lipinski definition) is 1. The van der Waals surface area contributed by atoms with Crippen molar-refractivity contribution >= 4 is 28.5 Å². The van der Waals surface area contributed by atoms with E-state index in [0.29, 0.717) is 18.0 Å². The van der Waals surface area contributed by atoms with Crippen molar-refractivity contribution in [1.82, 2.24) is 5.32 Å². The number of benzene rings is 2. The van der Waals surface area contributed by atoms with E-state index >= 15 is 0 Å². The molecule has 3 aromatic rings. The number of amides is 1. The van der Waals surface area contributed by atoms with Crippen LogP contribution >= 0.6 is 11.6 Å². The van der Waals surface area contributed by atoms with Gasteiger partial charge in [0.15, 0.2) is 0 Å². The van der Waals surface area contributed by atoms with Crippen LogP contribution in [0.2, 0.25) is 5.02 Å². The summed E-state index contributed by atoms with van der Waals surface area (Å²) in [5.74, 6) is -0.0526. The lowest BCUT2D eigenvalue weighted by Gasteiger charge is -2.06. The first-order chi connectivity index (χ1) is 10.6. The van der Waals surface area contributed by atoms with Crippen LogP contribution in [0.15, 0.2) is 53.1 Å². The number of furan rings is 1. The second-order valence-electron chi connectivity index (χ2n) is 5.31. The highest BCUT2D eigenvalue weighted by atomic mass is 35.5. The molecule has 4 heteroatoms. The van der Waals surface area contributed by atoms with Crippen LogP contribution in [-0.4, -0.2) is 5.91 Å². The van der Waals surface area contributed by atoms with Gasteiger partial charge in [0.1, 0.15) is 5.58 Å². The molecule has 3 rings (SSSR count). The Morgan fingerprint density at radius 3 is 2.82 bits per heavy atom. The molecule has 1 aromatic heterocycles. The van der Waals surface area contributed by atoms with Gasteiger partial charge in [-0.15, -0.1) is 0 Å². The largest absolute Gasteiger partial charge is 0.464 e. The summed E-state index contributed by atoms with van der Waals surface area (Å²) in [5, 5.41) is 4.53. The zero-order chi connectivity index (χ0) is 15.5. The minimum absolute atomic E-state index is 0.0526. The van der Waals surface area contributed by atoms with Crippen LogP contribution in [0.3, 0.4) is 0 Å². The Kier molecular flexibility index (Phi) is 4.16. The summed E-state index contributed by atoms with van der Waals surface area (Å²) in [7, 11) is 0. The average molecular weight is 314 g/mol. The Hall–Kier alpha value is -2.26. The van der Waals surface area contributed by atoms with Crippen LogP contribution in [0, 0.1) is 6.92 Å². The molecule has 2 aromatic carbocycles. The molecular formula is C18H16ClNO2. The first-order valence-electron chi connectivity index (χ1n) is 7.10. The van der Waals surface area contributed by atoms with E-state index in [1.54, 1.807) is 6.26 Å². The lowest BCUT2D eigenvalue weighted by molar-refractivity contribution is -0.120. The molecule has 1 amide bonds. The third kappa shape index (κ3) is 3.15. The van der Waals surface area contributed by atoms with Gasteiger partial charge < -0.3 is 9.73 Å². The zero-order valence-corrected chi connectivity index (χ0v) is 13.0. The molecule has 1 heterocycles. The molecule has 1 N–H and O–H groups in total. The third-order valence-corrected chi connectivity index (χ3v) is 3.96. The molecule has 0 aliphatic heterocycles. The molecule has 0 spiro atoms. The van der Waals surface area contributed by atoms with Crippen LogP contribution in [0.1, 0.15) is 16.7 Å². The number of rotatable bonds is 4. The summed E-state index contributed by atoms with van der Waals surface area (Å²) < 4.78 is 5.51. The van der Waals surface area contributed by atoms with E-state index in [9.17, 15) is 4.79 Å². The summed E-state index contributed by atoms with van der Waals surface area (Å²) in [4.78, 5) is 12.1. The molecular weight excluding hydrogens is 298 g/mol. The lowest BCUT2D eigenvalue weighted by Crippen LogP contribution is -2.24. The summed E-state index contributed by atoms with van der Waals surface area (Å²) in [6, 6.07) is 13.5. The molecule has 3 nitrogen and oxygen atoms in total. The molecule has 0 saturated carbocycles. The van der Waals surface area contributed by atoms with E-state index in [4.69, 9.17) is 16.0 Å². The standard InChI is InChI=1S/C18H16ClNO2/c1-12-6-7-15-14(11-22-17(15)8-12)9-18(21)20-10-13-4-2-3-5-16(13)19/h2-8,11H,9-10H2,1H3,(H,20,21). The predicted molar refractivity (Wildman–Crippen MR) is 88.0 cm³/mol. The van der Waals surface area contributed by atoms with Crippen LogP contribution in [-0.2, 0) is 17.8 Å². The molecule has 0 atom stereocenters. The van der Waals surface area contributed by atoms with Crippen molar-refractivity contribution in [2.45, 2.75) is 19.9 Å². The van der Waals surface area contributed by atoms with Crippen molar-refractivity contribution < 1.29 is 9.21 Å². The van der Waals surface area contributed by atoms with Crippen LogP contribution < -0.4 is 5.32 Å². The van der Waals surface area contributed by atoms with Crippen LogP contribution in [0.4, 0.5) is 0 Å². The second-order valence-corrected chi connectivity index (χ2v) is 5.71. The predicted octanol–water partition coefficient (Wildman–Crippen LogP) is 4.25. The van der Waals surface area contributed by atoms with Gasteiger partial charge in [0.25, 0.3) is 0 Å². The number of carbonyl (C=O) groups is 1. The minimum atomic E-state index is -0.0526. The van der Waals surface area contributed by atoms with Gasteiger partial charge in [0.05, 0.1) is 12.7 Å². The number of carbonyl (C=O) groups excluding carboxylic acids is 1. The van der Waals surface area contributed by atoms with E-state index in [0.717, 1.165) is 27.7 Å². The zero-order valence-electron chi connectivity index (χ0n) is 12.2. The van der Waals surface area contributed by atoms with Crippen molar-refractivity contribution in [2.75, 3.05) is 0 Å². The number of halogens is 1. The maximum Gasteiger partial charge on any atom is 0.224 e. The minimum Gasteiger partial charge on any atom is -0.464 e. The number of nitrogens with one attached hydrogen (secondary N) is 1. The van der Waals surface area contributed by atoms with Gasteiger partial charge in [-0.2, -0.15) is 0 Å². The van der Waals surface area contributed by atoms with Gasteiger partial charge >= 0.3 is 0 Å². The van der Waals surface area contributed by atoms with Crippen molar-refractivity contribution in [3.8, 4) is 0 Å². The van der Waals surface area contributed by atoms with E-state index in [2.05, 4.69) is 5.32 Å². The first-order valence-corrected chi connectivity index (χ1v) is 7.48. The molecule has 0 bridgehead atoms. The van der Waals surface area contributed by atoms with Gasteiger partial charge in [-0.05, 0) is 30.2 Å². The van der Waals surface area contributed by atoms with Gasteiger partial charge in [0.2, 0.25) is 5.91 Å². The van der Waals surface area contributed by atoms with E-state index < -0.39 is 0 Å². The Morgan fingerprint density at radius 2 is 2.00 bits per heavy atom. The average Bonchev–Trinajstić information content (AvgIpc) is 2.88. The molecule has 112 valence electrons. The highest BCUT2D eigenvalue weighted by molar-refractivity contribution is 6.31. The SMILES string of the molecule is Cc1ccc2c(CC(=O)NCc3ccccc3Cl)coc2c1. The normalized spacial score (nSPS) is 10.8. The maximum atomic E-state index is 12.1. The monoisotopic (exact) mass is 313 g/mol. The fraction of sp³-hybridized carbons (Fsp3) is 0.167. The van der Waals surface area contributed by atoms with Crippen molar-refractivity contribution in [3.05, 3.63) is 70.4 Å². The fourth-order valence-corrected chi connectivity index (χ4v) is 2.60. The number of hydrogen-bond acceptors (Lipinski definition) is 2. The first kappa shape index (κ1) is 14.7. The van der Waals surface area contributed by atoms with Gasteiger partial charge in [-0.25, -0.2) is 0 Å². The molecule has 0 unspecified atom stereocenters. The molecule has 22 heavy (non-hydrogen) atoms. The third-order valence-electron chi connectivity index (χ3n) is 3.60. The molecule has 0 radical (unpaired) electrons. The Bertz CT molecular complexity index is 823. The van der Waals surface area contributed by atoms with Crippen molar-refractivity contribution in [1.29, 1.82) is 0 Å². The van der Waals surface area contributed by atoms with E-state index in [1.807, 2.05) is 49.4 Å². The Labute approximate surface area is 133 Å². The topological polar surface area (TPSA) is 42.2 Å². The fourth-order valence-electron chi connectivity index (χ4n) is 2.40. The Morgan fingerprint density at radius 1 is 1.18 bits per heavy atom. The van der Waals surface area contributed by atoms with Gasteiger partial charge in [-0.3, -0.25) is 4.79 Å². The summed E-state index contributed by atoms with van der Waals surface area (Å²) in [5.41, 5.74) is 3.75. The number of fused-ring (bicyclic) bond motifs is 1. The van der Waals surface area contributed by atoms with Crippen LogP contribution in [0.25, 0.3) is 11.0 Å². The molecule has 0 aliphatic rings. The van der Waals surface area contributed by atoms with Crippen molar-refractivity contribution in [3.63, 3.8) is 0 Å². The Balaban J connectivity index is 1.67. The van der Waals surface area contributed by atoms with Crippen LogP contribution in [0.5, 0.6) is 0 Å². The summed E-state index contributed by atoms with van der Waals surface area (Å²) in [6.07, 6.45) is 1.94. The molecule has 0 fully saturated rings. The van der Waals surface area contributed by atoms with Crippen molar-refractivity contribution in [2.24, 2.45) is 0 Å². The van der Waals surface area contributed by atoms with E-state index in [1.165, 1.54) is 0 Å². The highest BCUT2D eigenvalue weighted by Crippen LogP contribution is 2.22. The molecule has 0 aliphatic carbocycles. The van der Waals surface area contributed by atoms with E-state index in [-0.39, 0.29) is 5.91 Å². The maximum absolute atomic E-state index is 12.1. The summed E-state index contributed by atoms with van der Waals surface area (Å²) in [6.45, 7) is 2.44. The molecule has 0 saturated heterocycles.